The van der Waals surface area contributed by atoms with E-state index in [2.05, 4.69) is 39.0 Å². The average Bonchev–Trinajstić information content (AvgIpc) is 2.55. The van der Waals surface area contributed by atoms with Crippen molar-refractivity contribution in [3.63, 3.8) is 0 Å². The fourth-order valence-corrected chi connectivity index (χ4v) is 2.65. The van der Waals surface area contributed by atoms with E-state index in [9.17, 15) is 5.26 Å². The summed E-state index contributed by atoms with van der Waals surface area (Å²) in [6.45, 7) is 3.98. The van der Waals surface area contributed by atoms with Crippen LogP contribution in [0.5, 0.6) is 0 Å². The van der Waals surface area contributed by atoms with Crippen LogP contribution in [0.1, 0.15) is 5.56 Å². The van der Waals surface area contributed by atoms with Gasteiger partial charge in [0.1, 0.15) is 6.33 Å². The molecule has 0 atom stereocenters. The molecule has 21 heavy (non-hydrogen) atoms. The van der Waals surface area contributed by atoms with E-state index in [1.165, 1.54) is 6.33 Å². The molecule has 2 heterocycles. The Morgan fingerprint density at radius 3 is 2.62 bits per heavy atom. The van der Waals surface area contributed by atoms with Gasteiger partial charge in [0, 0.05) is 43.6 Å². The first kappa shape index (κ1) is 13.5. The molecule has 106 valence electrons. The fourth-order valence-electron chi connectivity index (χ4n) is 2.65. The van der Waals surface area contributed by atoms with Gasteiger partial charge in [-0.3, -0.25) is 0 Å². The van der Waals surface area contributed by atoms with E-state index in [4.69, 9.17) is 0 Å². The third kappa shape index (κ3) is 2.71. The van der Waals surface area contributed by atoms with E-state index in [-0.39, 0.29) is 0 Å². The number of nitrogens with zero attached hydrogens (tertiary/aromatic N) is 5. The fraction of sp³-hybridized carbons (Fsp3) is 0.312. The van der Waals surface area contributed by atoms with Gasteiger partial charge in [-0.2, -0.15) is 5.26 Å². The largest absolute Gasteiger partial charge is 0.368 e. The molecule has 0 bridgehead atoms. The molecule has 0 aliphatic carbocycles. The van der Waals surface area contributed by atoms with E-state index in [0.717, 1.165) is 43.1 Å². The average molecular weight is 279 g/mol. The van der Waals surface area contributed by atoms with Crippen molar-refractivity contribution in [2.75, 3.05) is 38.1 Å². The number of nitriles is 1. The summed E-state index contributed by atoms with van der Waals surface area (Å²) in [7, 11) is 2.13. The summed E-state index contributed by atoms with van der Waals surface area (Å²) < 4.78 is 0. The van der Waals surface area contributed by atoms with Crippen LogP contribution in [-0.4, -0.2) is 48.1 Å². The maximum atomic E-state index is 9.42. The van der Waals surface area contributed by atoms with Crippen LogP contribution in [-0.2, 0) is 0 Å². The molecule has 5 nitrogen and oxygen atoms in total. The topological polar surface area (TPSA) is 56.0 Å². The van der Waals surface area contributed by atoms with Crippen molar-refractivity contribution in [2.24, 2.45) is 0 Å². The van der Waals surface area contributed by atoms with Crippen molar-refractivity contribution in [3.05, 3.63) is 42.4 Å². The SMILES string of the molecule is CN1CCN(c2cccc(C#N)c2-c2ccncn2)CC1. The quantitative estimate of drug-likeness (QED) is 0.838. The highest BCUT2D eigenvalue weighted by molar-refractivity contribution is 5.81. The molecule has 1 aliphatic heterocycles. The van der Waals surface area contributed by atoms with Crippen molar-refractivity contribution in [2.45, 2.75) is 0 Å². The van der Waals surface area contributed by atoms with Crippen LogP contribution in [0.2, 0.25) is 0 Å². The maximum absolute atomic E-state index is 9.42. The molecule has 0 unspecified atom stereocenters. The lowest BCUT2D eigenvalue weighted by molar-refractivity contribution is 0.313. The van der Waals surface area contributed by atoms with Crippen LogP contribution in [0.15, 0.2) is 36.8 Å². The molecule has 1 aliphatic rings. The molecule has 1 aromatic heterocycles. The zero-order chi connectivity index (χ0) is 14.7. The van der Waals surface area contributed by atoms with Crippen molar-refractivity contribution >= 4 is 5.69 Å². The van der Waals surface area contributed by atoms with Gasteiger partial charge in [-0.15, -0.1) is 0 Å². The highest BCUT2D eigenvalue weighted by atomic mass is 15.2. The molecule has 0 N–H and O–H groups in total. The lowest BCUT2D eigenvalue weighted by atomic mass is 10.0. The van der Waals surface area contributed by atoms with E-state index < -0.39 is 0 Å². The number of hydrogen-bond donors (Lipinski definition) is 0. The minimum Gasteiger partial charge on any atom is -0.368 e. The van der Waals surface area contributed by atoms with E-state index in [0.29, 0.717) is 5.56 Å². The second-order valence-corrected chi connectivity index (χ2v) is 5.20. The Morgan fingerprint density at radius 1 is 1.14 bits per heavy atom. The Hall–Kier alpha value is -2.45. The minimum atomic E-state index is 0.658. The lowest BCUT2D eigenvalue weighted by Crippen LogP contribution is -2.44. The van der Waals surface area contributed by atoms with E-state index in [1.807, 2.05) is 18.2 Å². The first-order valence-electron chi connectivity index (χ1n) is 7.02. The summed E-state index contributed by atoms with van der Waals surface area (Å²) in [6, 6.07) is 10.0. The summed E-state index contributed by atoms with van der Waals surface area (Å²) in [5.41, 5.74) is 3.45. The van der Waals surface area contributed by atoms with Gasteiger partial charge >= 0.3 is 0 Å². The molecule has 1 aromatic carbocycles. The highest BCUT2D eigenvalue weighted by Gasteiger charge is 2.20. The number of benzene rings is 1. The van der Waals surface area contributed by atoms with Gasteiger partial charge in [-0.05, 0) is 25.2 Å². The van der Waals surface area contributed by atoms with Crippen LogP contribution in [0.25, 0.3) is 11.3 Å². The Morgan fingerprint density at radius 2 is 1.95 bits per heavy atom. The molecule has 0 amide bonds. The number of hydrogen-bond acceptors (Lipinski definition) is 5. The van der Waals surface area contributed by atoms with Crippen LogP contribution >= 0.6 is 0 Å². The predicted molar refractivity (Wildman–Crippen MR) is 81.9 cm³/mol. The highest BCUT2D eigenvalue weighted by Crippen LogP contribution is 2.33. The standard InChI is InChI=1S/C16H17N5/c1-20-7-9-21(10-8-20)15-4-2-3-13(11-17)16(15)14-5-6-18-12-19-14/h2-6,12H,7-10H2,1H3. The Kier molecular flexibility index (Phi) is 3.80. The zero-order valence-electron chi connectivity index (χ0n) is 12.0. The van der Waals surface area contributed by atoms with Crippen molar-refractivity contribution in [3.8, 4) is 17.3 Å². The zero-order valence-corrected chi connectivity index (χ0v) is 12.0. The number of piperazine rings is 1. The van der Waals surface area contributed by atoms with Gasteiger partial charge in [0.25, 0.3) is 0 Å². The second-order valence-electron chi connectivity index (χ2n) is 5.20. The van der Waals surface area contributed by atoms with Gasteiger partial charge in [-0.25, -0.2) is 9.97 Å². The first-order chi connectivity index (χ1) is 10.3. The number of anilines is 1. The van der Waals surface area contributed by atoms with Crippen molar-refractivity contribution in [1.82, 2.24) is 14.9 Å². The summed E-state index contributed by atoms with van der Waals surface area (Å²) in [5.74, 6) is 0. The molecule has 5 heteroatoms. The van der Waals surface area contributed by atoms with Crippen LogP contribution in [0.4, 0.5) is 5.69 Å². The molecule has 0 spiro atoms. The van der Waals surface area contributed by atoms with Gasteiger partial charge < -0.3 is 9.80 Å². The van der Waals surface area contributed by atoms with Crippen LogP contribution < -0.4 is 4.90 Å². The maximum Gasteiger partial charge on any atom is 0.116 e. The molecule has 3 rings (SSSR count). The number of rotatable bonds is 2. The number of likely N-dealkylation sites (N-methyl/N-ethyl adjacent to an activating group) is 1. The first-order valence-corrected chi connectivity index (χ1v) is 7.02. The molecular formula is C16H17N5. The van der Waals surface area contributed by atoms with Crippen molar-refractivity contribution in [1.29, 1.82) is 5.26 Å². The number of aromatic nitrogens is 2. The Bertz CT molecular complexity index is 654. The normalized spacial score (nSPS) is 15.7. The smallest absolute Gasteiger partial charge is 0.116 e. The summed E-state index contributed by atoms with van der Waals surface area (Å²) in [6.07, 6.45) is 3.24. The van der Waals surface area contributed by atoms with Gasteiger partial charge in [-0.1, -0.05) is 6.07 Å². The predicted octanol–water partition coefficient (Wildman–Crippen LogP) is 1.77. The Labute approximate surface area is 124 Å². The van der Waals surface area contributed by atoms with Gasteiger partial charge in [0.05, 0.1) is 17.3 Å². The lowest BCUT2D eigenvalue weighted by Gasteiger charge is -2.35. The van der Waals surface area contributed by atoms with E-state index >= 15 is 0 Å². The minimum absolute atomic E-state index is 0.658. The summed E-state index contributed by atoms with van der Waals surface area (Å²) in [4.78, 5) is 12.9. The van der Waals surface area contributed by atoms with E-state index in [1.54, 1.807) is 6.20 Å². The molecular weight excluding hydrogens is 262 g/mol. The van der Waals surface area contributed by atoms with Crippen molar-refractivity contribution < 1.29 is 0 Å². The van der Waals surface area contributed by atoms with Crippen LogP contribution in [0.3, 0.4) is 0 Å². The second kappa shape index (κ2) is 5.90. The molecule has 1 saturated heterocycles. The molecule has 0 radical (unpaired) electrons. The molecule has 0 saturated carbocycles. The molecule has 2 aromatic rings. The third-order valence-electron chi connectivity index (χ3n) is 3.84. The van der Waals surface area contributed by atoms with Gasteiger partial charge in [0.15, 0.2) is 0 Å². The molecule has 1 fully saturated rings. The Balaban J connectivity index is 2.07. The third-order valence-corrected chi connectivity index (χ3v) is 3.84. The van der Waals surface area contributed by atoms with Gasteiger partial charge in [0.2, 0.25) is 0 Å². The van der Waals surface area contributed by atoms with Crippen LogP contribution in [0, 0.1) is 11.3 Å². The summed E-state index contributed by atoms with van der Waals surface area (Å²) >= 11 is 0. The summed E-state index contributed by atoms with van der Waals surface area (Å²) in [5, 5.41) is 9.42. The monoisotopic (exact) mass is 279 g/mol.